The van der Waals surface area contributed by atoms with Crippen LogP contribution in [0.1, 0.15) is 25.3 Å². The monoisotopic (exact) mass is 246 g/mol. The number of hydrogen-bond donors (Lipinski definition) is 1. The second-order valence-corrected chi connectivity index (χ2v) is 5.94. The maximum Gasteiger partial charge on any atom is 0.0707 e. The Kier molecular flexibility index (Phi) is 3.14. The van der Waals surface area contributed by atoms with Gasteiger partial charge in [0.1, 0.15) is 0 Å². The Balaban J connectivity index is 1.68. The van der Waals surface area contributed by atoms with Crippen LogP contribution in [0.15, 0.2) is 30.3 Å². The Morgan fingerprint density at radius 3 is 2.44 bits per heavy atom. The molecule has 3 unspecified atom stereocenters. The average Bonchev–Trinajstić information content (AvgIpc) is 2.69. The number of fused-ring (bicyclic) bond motifs is 2. The highest BCUT2D eigenvalue weighted by atomic mass is 16.5. The highest BCUT2D eigenvalue weighted by Crippen LogP contribution is 2.28. The van der Waals surface area contributed by atoms with Crippen LogP contribution in [0.5, 0.6) is 0 Å². The first-order chi connectivity index (χ1) is 8.63. The van der Waals surface area contributed by atoms with Crippen LogP contribution in [-0.4, -0.2) is 36.7 Å². The van der Waals surface area contributed by atoms with Crippen molar-refractivity contribution in [2.45, 2.75) is 37.5 Å². The smallest absolute Gasteiger partial charge is 0.0707 e. The minimum Gasteiger partial charge on any atom is -0.372 e. The molecule has 18 heavy (non-hydrogen) atoms. The van der Waals surface area contributed by atoms with Crippen molar-refractivity contribution in [3.05, 3.63) is 35.9 Å². The first-order valence-corrected chi connectivity index (χ1v) is 6.86. The zero-order valence-corrected chi connectivity index (χ0v) is 11.0. The molecule has 0 amide bonds. The Labute approximate surface area is 109 Å². The Morgan fingerprint density at radius 2 is 1.83 bits per heavy atom. The predicted octanol–water partition coefficient (Wildman–Crippen LogP) is 1.72. The highest BCUT2D eigenvalue weighted by Gasteiger charge is 2.36. The van der Waals surface area contributed by atoms with Crippen LogP contribution >= 0.6 is 0 Å². The number of morpholine rings is 1. The standard InChI is InChI=1S/C15H22N2O/c1-15(16,12-5-3-2-4-6-12)11-17-9-13-7-8-14(10-17)18-13/h2-6,13-14H,7-11,16H2,1H3. The van der Waals surface area contributed by atoms with Crippen molar-refractivity contribution in [2.24, 2.45) is 5.73 Å². The summed E-state index contributed by atoms with van der Waals surface area (Å²) in [6.07, 6.45) is 3.31. The van der Waals surface area contributed by atoms with E-state index in [1.165, 1.54) is 18.4 Å². The molecule has 3 heteroatoms. The van der Waals surface area contributed by atoms with E-state index in [1.807, 2.05) is 6.07 Å². The fourth-order valence-corrected chi connectivity index (χ4v) is 3.20. The van der Waals surface area contributed by atoms with Gasteiger partial charge in [0.2, 0.25) is 0 Å². The molecule has 3 rings (SSSR count). The summed E-state index contributed by atoms with van der Waals surface area (Å²) in [5.74, 6) is 0. The molecule has 2 aliphatic heterocycles. The minimum absolute atomic E-state index is 0.280. The number of likely N-dealkylation sites (tertiary alicyclic amines) is 1. The zero-order valence-electron chi connectivity index (χ0n) is 11.0. The van der Waals surface area contributed by atoms with E-state index in [-0.39, 0.29) is 5.54 Å². The first kappa shape index (κ1) is 12.2. The second kappa shape index (κ2) is 4.65. The molecule has 2 fully saturated rings. The van der Waals surface area contributed by atoms with Crippen molar-refractivity contribution >= 4 is 0 Å². The van der Waals surface area contributed by atoms with E-state index in [9.17, 15) is 0 Å². The van der Waals surface area contributed by atoms with E-state index in [0.29, 0.717) is 12.2 Å². The van der Waals surface area contributed by atoms with Crippen molar-refractivity contribution in [1.29, 1.82) is 0 Å². The topological polar surface area (TPSA) is 38.5 Å². The molecule has 1 aromatic carbocycles. The fraction of sp³-hybridized carbons (Fsp3) is 0.600. The third-order valence-corrected chi connectivity index (χ3v) is 4.10. The van der Waals surface area contributed by atoms with Gasteiger partial charge in [-0.1, -0.05) is 30.3 Å². The molecule has 2 bridgehead atoms. The molecular weight excluding hydrogens is 224 g/mol. The lowest BCUT2D eigenvalue weighted by Crippen LogP contribution is -2.51. The molecule has 0 aliphatic carbocycles. The lowest BCUT2D eigenvalue weighted by Gasteiger charge is -2.37. The van der Waals surface area contributed by atoms with E-state index < -0.39 is 0 Å². The van der Waals surface area contributed by atoms with Crippen LogP contribution in [0.3, 0.4) is 0 Å². The molecule has 3 atom stereocenters. The highest BCUT2D eigenvalue weighted by molar-refractivity contribution is 5.23. The zero-order chi connectivity index (χ0) is 12.6. The van der Waals surface area contributed by atoms with Crippen LogP contribution in [-0.2, 0) is 10.3 Å². The molecule has 0 aromatic heterocycles. The third kappa shape index (κ3) is 2.44. The van der Waals surface area contributed by atoms with Crippen molar-refractivity contribution < 1.29 is 4.74 Å². The van der Waals surface area contributed by atoms with Crippen LogP contribution in [0, 0.1) is 0 Å². The van der Waals surface area contributed by atoms with Crippen molar-refractivity contribution in [3.63, 3.8) is 0 Å². The molecule has 0 saturated carbocycles. The maximum atomic E-state index is 6.50. The molecule has 2 saturated heterocycles. The third-order valence-electron chi connectivity index (χ3n) is 4.10. The molecule has 3 nitrogen and oxygen atoms in total. The lowest BCUT2D eigenvalue weighted by atomic mass is 9.92. The van der Waals surface area contributed by atoms with Gasteiger partial charge >= 0.3 is 0 Å². The predicted molar refractivity (Wildman–Crippen MR) is 72.3 cm³/mol. The summed E-state index contributed by atoms with van der Waals surface area (Å²) >= 11 is 0. The molecule has 2 aliphatic rings. The van der Waals surface area contributed by atoms with E-state index in [1.54, 1.807) is 0 Å². The van der Waals surface area contributed by atoms with Crippen LogP contribution in [0.2, 0.25) is 0 Å². The van der Waals surface area contributed by atoms with Crippen LogP contribution < -0.4 is 5.73 Å². The number of nitrogens with zero attached hydrogens (tertiary/aromatic N) is 1. The van der Waals surface area contributed by atoms with Gasteiger partial charge in [-0.3, -0.25) is 4.90 Å². The Hall–Kier alpha value is -0.900. The molecule has 2 heterocycles. The number of rotatable bonds is 3. The van der Waals surface area contributed by atoms with E-state index >= 15 is 0 Å². The van der Waals surface area contributed by atoms with Crippen molar-refractivity contribution in [2.75, 3.05) is 19.6 Å². The molecule has 1 aromatic rings. The average molecular weight is 246 g/mol. The number of hydrogen-bond acceptors (Lipinski definition) is 3. The van der Waals surface area contributed by atoms with E-state index in [4.69, 9.17) is 10.5 Å². The maximum absolute atomic E-state index is 6.50. The van der Waals surface area contributed by atoms with Gasteiger partial charge < -0.3 is 10.5 Å². The van der Waals surface area contributed by atoms with Crippen LogP contribution in [0.25, 0.3) is 0 Å². The second-order valence-electron chi connectivity index (χ2n) is 5.94. The van der Waals surface area contributed by atoms with Gasteiger partial charge in [-0.15, -0.1) is 0 Å². The molecule has 2 N–H and O–H groups in total. The lowest BCUT2D eigenvalue weighted by molar-refractivity contribution is -0.0436. The summed E-state index contributed by atoms with van der Waals surface area (Å²) in [5, 5.41) is 0. The largest absolute Gasteiger partial charge is 0.372 e. The van der Waals surface area contributed by atoms with Gasteiger partial charge in [-0.2, -0.15) is 0 Å². The summed E-state index contributed by atoms with van der Waals surface area (Å²) < 4.78 is 5.87. The van der Waals surface area contributed by atoms with Gasteiger partial charge in [0.25, 0.3) is 0 Å². The molecule has 0 radical (unpaired) electrons. The van der Waals surface area contributed by atoms with Gasteiger partial charge in [0, 0.05) is 19.6 Å². The summed E-state index contributed by atoms with van der Waals surface area (Å²) in [4.78, 5) is 2.47. The summed E-state index contributed by atoms with van der Waals surface area (Å²) in [7, 11) is 0. The number of benzene rings is 1. The van der Waals surface area contributed by atoms with Crippen molar-refractivity contribution in [1.82, 2.24) is 4.90 Å². The Bertz CT molecular complexity index is 392. The first-order valence-electron chi connectivity index (χ1n) is 6.86. The normalized spacial score (nSPS) is 31.2. The quantitative estimate of drug-likeness (QED) is 0.882. The summed E-state index contributed by atoms with van der Waals surface area (Å²) in [6.45, 7) is 5.11. The van der Waals surface area contributed by atoms with E-state index in [2.05, 4.69) is 36.1 Å². The van der Waals surface area contributed by atoms with Gasteiger partial charge in [-0.05, 0) is 25.3 Å². The summed E-state index contributed by atoms with van der Waals surface area (Å²) in [6, 6.07) is 10.4. The fourth-order valence-electron chi connectivity index (χ4n) is 3.20. The Morgan fingerprint density at radius 1 is 1.22 bits per heavy atom. The van der Waals surface area contributed by atoms with Gasteiger partial charge in [0.15, 0.2) is 0 Å². The summed E-state index contributed by atoms with van der Waals surface area (Å²) in [5.41, 5.74) is 7.43. The SMILES string of the molecule is CC(N)(CN1CC2CCC(C1)O2)c1ccccc1. The van der Waals surface area contributed by atoms with E-state index in [0.717, 1.165) is 19.6 Å². The van der Waals surface area contributed by atoms with Crippen molar-refractivity contribution in [3.8, 4) is 0 Å². The number of ether oxygens (including phenoxy) is 1. The van der Waals surface area contributed by atoms with Gasteiger partial charge in [0.05, 0.1) is 17.7 Å². The molecule has 0 spiro atoms. The van der Waals surface area contributed by atoms with Crippen LogP contribution in [0.4, 0.5) is 0 Å². The minimum atomic E-state index is -0.280. The number of nitrogens with two attached hydrogens (primary N) is 1. The van der Waals surface area contributed by atoms with Gasteiger partial charge in [-0.25, -0.2) is 0 Å². The molecular formula is C15H22N2O. The molecule has 98 valence electrons.